The van der Waals surface area contributed by atoms with E-state index in [1.165, 1.54) is 12.8 Å². The van der Waals surface area contributed by atoms with Crippen LogP contribution < -0.4 is 15.5 Å². The highest BCUT2D eigenvalue weighted by Gasteiger charge is 2.33. The summed E-state index contributed by atoms with van der Waals surface area (Å²) in [5.74, 6) is -0.148. The summed E-state index contributed by atoms with van der Waals surface area (Å²) in [7, 11) is 4.35. The van der Waals surface area contributed by atoms with Crippen LogP contribution in [0.4, 0.5) is 5.69 Å². The van der Waals surface area contributed by atoms with Crippen molar-refractivity contribution in [2.75, 3.05) is 45.2 Å². The molecule has 2 aliphatic heterocycles. The van der Waals surface area contributed by atoms with Crippen molar-refractivity contribution in [3.05, 3.63) is 47.3 Å². The summed E-state index contributed by atoms with van der Waals surface area (Å²) in [6, 6.07) is 9.58. The highest BCUT2D eigenvalue weighted by molar-refractivity contribution is 5.99. The fourth-order valence-corrected chi connectivity index (χ4v) is 7.77. The summed E-state index contributed by atoms with van der Waals surface area (Å²) in [4.78, 5) is 38.5. The summed E-state index contributed by atoms with van der Waals surface area (Å²) in [6.07, 6.45) is 7.95. The number of anilines is 1. The number of nitrogens with one attached hydrogen (secondary N) is 2. The van der Waals surface area contributed by atoms with E-state index in [0.29, 0.717) is 30.7 Å². The third-order valence-corrected chi connectivity index (χ3v) is 10.5. The van der Waals surface area contributed by atoms with Gasteiger partial charge in [0.1, 0.15) is 0 Å². The van der Waals surface area contributed by atoms with Crippen molar-refractivity contribution in [2.45, 2.75) is 97.0 Å². The first-order chi connectivity index (χ1) is 21.5. The zero-order valence-corrected chi connectivity index (χ0v) is 28.2. The molecule has 2 aromatic rings. The second-order valence-electron chi connectivity index (χ2n) is 14.0. The third kappa shape index (κ3) is 7.87. The number of aliphatic hydroxyl groups excluding tert-OH is 1. The van der Waals surface area contributed by atoms with Crippen LogP contribution in [0.2, 0.25) is 0 Å². The molecule has 3 aliphatic rings. The number of piperidine rings is 1. The standard InChI is InChI=1S/C36H54N6O3/c1-7-42(30-12-10-29(11-13-30)40(5)6)34-18-27(26-8-9-28(37-19-26)21-41-15-14-31(43)22-41)17-32(25(34)4)35(44)38-20-33-23(2)16-24(3)39-36(33)45/h8-9,17-19,23-24,29-31,33,43H,7,10-16,20-22H2,1-6H3,(H,38,44)(H,39,45)/t23?,24?,29?,30?,31-,33?/m0/s1. The van der Waals surface area contributed by atoms with Crippen LogP contribution in [0.15, 0.2) is 30.5 Å². The molecule has 4 atom stereocenters. The van der Waals surface area contributed by atoms with Gasteiger partial charge in [-0.3, -0.25) is 19.5 Å². The zero-order valence-electron chi connectivity index (χ0n) is 28.2. The van der Waals surface area contributed by atoms with E-state index < -0.39 is 0 Å². The molecule has 2 amide bonds. The molecule has 0 bridgehead atoms. The summed E-state index contributed by atoms with van der Waals surface area (Å²) in [6.45, 7) is 11.9. The lowest BCUT2D eigenvalue weighted by Gasteiger charge is -2.40. The van der Waals surface area contributed by atoms with Crippen molar-refractivity contribution >= 4 is 17.5 Å². The Balaban J connectivity index is 1.42. The van der Waals surface area contributed by atoms with Gasteiger partial charge in [-0.05, 0) is 109 Å². The lowest BCUT2D eigenvalue weighted by atomic mass is 9.84. The molecular weight excluding hydrogens is 564 g/mol. The molecule has 0 radical (unpaired) electrons. The second kappa shape index (κ2) is 14.6. The van der Waals surface area contributed by atoms with E-state index in [2.05, 4.69) is 78.4 Å². The number of rotatable bonds is 10. The molecule has 2 saturated heterocycles. The number of nitrogens with zero attached hydrogens (tertiary/aromatic N) is 4. The Morgan fingerprint density at radius 3 is 2.42 bits per heavy atom. The van der Waals surface area contributed by atoms with Crippen molar-refractivity contribution in [3.8, 4) is 11.1 Å². The van der Waals surface area contributed by atoms with Crippen molar-refractivity contribution in [3.63, 3.8) is 0 Å². The number of amides is 2. The van der Waals surface area contributed by atoms with E-state index in [-0.39, 0.29) is 35.8 Å². The molecule has 3 heterocycles. The van der Waals surface area contributed by atoms with Crippen molar-refractivity contribution in [1.82, 2.24) is 25.4 Å². The largest absolute Gasteiger partial charge is 0.392 e. The van der Waals surface area contributed by atoms with E-state index in [1.54, 1.807) is 0 Å². The van der Waals surface area contributed by atoms with Gasteiger partial charge in [0.15, 0.2) is 0 Å². The van der Waals surface area contributed by atoms with Crippen LogP contribution in [0.1, 0.15) is 80.9 Å². The molecule has 246 valence electrons. The molecule has 45 heavy (non-hydrogen) atoms. The maximum Gasteiger partial charge on any atom is 0.251 e. The number of β-amino-alcohol motifs (C(OH)–C–C–N with tert-alkyl or cyclic N) is 1. The zero-order chi connectivity index (χ0) is 32.2. The van der Waals surface area contributed by atoms with E-state index >= 15 is 0 Å². The van der Waals surface area contributed by atoms with Gasteiger partial charge in [-0.2, -0.15) is 0 Å². The van der Waals surface area contributed by atoms with Crippen LogP contribution in [0.5, 0.6) is 0 Å². The Bertz CT molecular complexity index is 1320. The van der Waals surface area contributed by atoms with Crippen LogP contribution in [-0.2, 0) is 11.3 Å². The molecule has 1 saturated carbocycles. The highest BCUT2D eigenvalue weighted by atomic mass is 16.3. The predicted molar refractivity (Wildman–Crippen MR) is 180 cm³/mol. The molecule has 3 fully saturated rings. The van der Waals surface area contributed by atoms with Crippen molar-refractivity contribution in [1.29, 1.82) is 0 Å². The van der Waals surface area contributed by atoms with Crippen molar-refractivity contribution < 1.29 is 14.7 Å². The molecule has 3 unspecified atom stereocenters. The summed E-state index contributed by atoms with van der Waals surface area (Å²) < 4.78 is 0. The minimum Gasteiger partial charge on any atom is -0.392 e. The van der Waals surface area contributed by atoms with Gasteiger partial charge in [0, 0.05) is 73.9 Å². The molecular formula is C36H54N6O3. The quantitative estimate of drug-likeness (QED) is 0.367. The van der Waals surface area contributed by atoms with Gasteiger partial charge >= 0.3 is 0 Å². The van der Waals surface area contributed by atoms with Crippen LogP contribution in [0.25, 0.3) is 11.1 Å². The van der Waals surface area contributed by atoms with E-state index in [1.807, 2.05) is 19.2 Å². The Morgan fingerprint density at radius 2 is 1.82 bits per heavy atom. The van der Waals surface area contributed by atoms with E-state index in [9.17, 15) is 14.7 Å². The molecule has 1 aromatic carbocycles. The van der Waals surface area contributed by atoms with Gasteiger partial charge in [0.05, 0.1) is 17.7 Å². The number of likely N-dealkylation sites (tertiary alicyclic amines) is 1. The SMILES string of the molecule is CCN(c1cc(-c2ccc(CN3CC[C@H](O)C3)nc2)cc(C(=O)NCC2C(=O)NC(C)CC2C)c1C)C1CCC(N(C)C)CC1. The minimum absolute atomic E-state index is 0.0211. The number of carbonyl (C=O) groups is 2. The lowest BCUT2D eigenvalue weighted by Crippen LogP contribution is -2.50. The number of aromatic nitrogens is 1. The first kappa shape index (κ1) is 33.4. The number of hydrogen-bond donors (Lipinski definition) is 3. The molecule has 3 N–H and O–H groups in total. The number of hydrogen-bond acceptors (Lipinski definition) is 7. The topological polar surface area (TPSA) is 101 Å². The molecule has 1 aliphatic carbocycles. The lowest BCUT2D eigenvalue weighted by molar-refractivity contribution is -0.129. The van der Waals surface area contributed by atoms with Gasteiger partial charge < -0.3 is 25.5 Å². The first-order valence-corrected chi connectivity index (χ1v) is 17.1. The first-order valence-electron chi connectivity index (χ1n) is 17.1. The average Bonchev–Trinajstić information content (AvgIpc) is 3.42. The van der Waals surface area contributed by atoms with Gasteiger partial charge in [-0.15, -0.1) is 0 Å². The Kier molecular flexibility index (Phi) is 10.8. The fraction of sp³-hybridized carbons (Fsp3) is 0.639. The third-order valence-electron chi connectivity index (χ3n) is 10.5. The Labute approximate surface area is 269 Å². The summed E-state index contributed by atoms with van der Waals surface area (Å²) >= 11 is 0. The highest BCUT2D eigenvalue weighted by Crippen LogP contribution is 2.36. The van der Waals surface area contributed by atoms with Gasteiger partial charge in [0.25, 0.3) is 5.91 Å². The monoisotopic (exact) mass is 618 g/mol. The molecule has 9 nitrogen and oxygen atoms in total. The summed E-state index contributed by atoms with van der Waals surface area (Å²) in [5, 5.41) is 16.1. The molecule has 5 rings (SSSR count). The number of benzene rings is 1. The van der Waals surface area contributed by atoms with Crippen molar-refractivity contribution in [2.24, 2.45) is 11.8 Å². The van der Waals surface area contributed by atoms with Crippen LogP contribution >= 0.6 is 0 Å². The number of pyridine rings is 1. The Hall–Kier alpha value is -3.01. The summed E-state index contributed by atoms with van der Waals surface area (Å²) in [5.41, 5.74) is 5.63. The average molecular weight is 619 g/mol. The molecule has 1 aromatic heterocycles. The number of carbonyl (C=O) groups excluding carboxylic acids is 2. The normalized spacial score (nSPS) is 27.4. The van der Waals surface area contributed by atoms with Crippen LogP contribution in [0, 0.1) is 18.8 Å². The van der Waals surface area contributed by atoms with Gasteiger partial charge in [0.2, 0.25) is 5.91 Å². The maximum absolute atomic E-state index is 13.9. The molecule has 9 heteroatoms. The fourth-order valence-electron chi connectivity index (χ4n) is 7.77. The van der Waals surface area contributed by atoms with E-state index in [0.717, 1.165) is 73.4 Å². The minimum atomic E-state index is -0.251. The van der Waals surface area contributed by atoms with Gasteiger partial charge in [-0.25, -0.2) is 0 Å². The van der Waals surface area contributed by atoms with Crippen LogP contribution in [0.3, 0.4) is 0 Å². The van der Waals surface area contributed by atoms with Crippen LogP contribution in [-0.4, -0.2) is 96.2 Å². The Morgan fingerprint density at radius 1 is 1.09 bits per heavy atom. The molecule has 0 spiro atoms. The van der Waals surface area contributed by atoms with E-state index in [4.69, 9.17) is 4.98 Å². The van der Waals surface area contributed by atoms with Gasteiger partial charge in [-0.1, -0.05) is 13.0 Å². The second-order valence-corrected chi connectivity index (χ2v) is 14.0. The predicted octanol–water partition coefficient (Wildman–Crippen LogP) is 4.21. The number of aliphatic hydroxyl groups is 1. The maximum atomic E-state index is 13.9. The smallest absolute Gasteiger partial charge is 0.251 e.